The number of hydrogen-bond acceptors (Lipinski definition) is 4. The molecule has 0 atom stereocenters. The normalized spacial score (nSPS) is 11.3. The number of amides is 1. The molecular weight excluding hydrogens is 392 g/mol. The van der Waals surface area contributed by atoms with E-state index in [9.17, 15) is 4.79 Å². The zero-order valence-corrected chi connectivity index (χ0v) is 18.4. The maximum Gasteiger partial charge on any atom is 0.261 e. The van der Waals surface area contributed by atoms with Gasteiger partial charge >= 0.3 is 0 Å². The lowest BCUT2D eigenvalue weighted by atomic mass is 10.1. The van der Waals surface area contributed by atoms with Crippen LogP contribution in [0.4, 0.5) is 0 Å². The molecule has 0 unspecified atom stereocenters. The SMILES string of the molecule is Cc1nn(Cc2ccccc2)c2sc(C(=O)NCc3ccc(CN(C)C)cc3)cc12. The quantitative estimate of drug-likeness (QED) is 0.483. The maximum absolute atomic E-state index is 12.7. The minimum Gasteiger partial charge on any atom is -0.347 e. The second kappa shape index (κ2) is 8.81. The topological polar surface area (TPSA) is 50.2 Å². The first-order valence-electron chi connectivity index (χ1n) is 10.0. The molecule has 0 bridgehead atoms. The van der Waals surface area contributed by atoms with E-state index in [4.69, 9.17) is 0 Å². The predicted octanol–water partition coefficient (Wildman–Crippen LogP) is 4.45. The smallest absolute Gasteiger partial charge is 0.261 e. The third-order valence-corrected chi connectivity index (χ3v) is 6.13. The molecule has 2 aromatic carbocycles. The standard InChI is InChI=1S/C24H26N4OS/c1-17-21-13-22(30-24(21)28(26-17)16-19-7-5-4-6-8-19)23(29)25-14-18-9-11-20(12-10-18)15-27(2)3/h4-13H,14-16H2,1-3H3,(H,25,29). The summed E-state index contributed by atoms with van der Waals surface area (Å²) in [6.07, 6.45) is 0. The zero-order chi connectivity index (χ0) is 21.1. The molecule has 0 radical (unpaired) electrons. The largest absolute Gasteiger partial charge is 0.347 e. The lowest BCUT2D eigenvalue weighted by Crippen LogP contribution is -2.21. The first kappa shape index (κ1) is 20.3. The number of benzene rings is 2. The highest BCUT2D eigenvalue weighted by Crippen LogP contribution is 2.29. The molecule has 0 aliphatic rings. The predicted molar refractivity (Wildman–Crippen MR) is 123 cm³/mol. The van der Waals surface area contributed by atoms with Gasteiger partial charge in [0.25, 0.3) is 5.91 Å². The summed E-state index contributed by atoms with van der Waals surface area (Å²) in [6, 6.07) is 20.6. The van der Waals surface area contributed by atoms with Gasteiger partial charge < -0.3 is 10.2 Å². The third kappa shape index (κ3) is 4.61. The Hall–Kier alpha value is -2.96. The molecule has 1 N–H and O–H groups in total. The van der Waals surface area contributed by atoms with Gasteiger partial charge in [-0.15, -0.1) is 11.3 Å². The van der Waals surface area contributed by atoms with Crippen LogP contribution in [0.1, 0.15) is 32.1 Å². The number of rotatable bonds is 7. The highest BCUT2D eigenvalue weighted by atomic mass is 32.1. The Kier molecular flexibility index (Phi) is 5.97. The number of thiophene rings is 1. The number of carbonyl (C=O) groups is 1. The minimum absolute atomic E-state index is 0.0424. The van der Waals surface area contributed by atoms with Crippen LogP contribution < -0.4 is 5.32 Å². The summed E-state index contributed by atoms with van der Waals surface area (Å²) in [4.78, 5) is 16.6. The summed E-state index contributed by atoms with van der Waals surface area (Å²) in [5.74, 6) is -0.0424. The fourth-order valence-electron chi connectivity index (χ4n) is 3.49. The van der Waals surface area contributed by atoms with Crippen molar-refractivity contribution in [3.05, 3.63) is 87.9 Å². The molecule has 0 aliphatic carbocycles. The van der Waals surface area contributed by atoms with Gasteiger partial charge in [-0.25, -0.2) is 0 Å². The lowest BCUT2D eigenvalue weighted by Gasteiger charge is -2.10. The van der Waals surface area contributed by atoms with E-state index in [0.29, 0.717) is 13.1 Å². The first-order chi connectivity index (χ1) is 14.5. The fraction of sp³-hybridized carbons (Fsp3) is 0.250. The van der Waals surface area contributed by atoms with Gasteiger partial charge in [-0.05, 0) is 43.8 Å². The molecule has 0 saturated carbocycles. The highest BCUT2D eigenvalue weighted by molar-refractivity contribution is 7.20. The summed E-state index contributed by atoms with van der Waals surface area (Å²) < 4.78 is 1.99. The number of aryl methyl sites for hydroxylation is 1. The fourth-order valence-corrected chi connectivity index (χ4v) is 4.56. The Balaban J connectivity index is 1.45. The van der Waals surface area contributed by atoms with Gasteiger partial charge in [-0.2, -0.15) is 5.10 Å². The molecule has 2 heterocycles. The lowest BCUT2D eigenvalue weighted by molar-refractivity contribution is 0.0955. The van der Waals surface area contributed by atoms with Crippen LogP contribution in [0.15, 0.2) is 60.7 Å². The Morgan fingerprint density at radius 2 is 1.73 bits per heavy atom. The molecule has 2 aromatic heterocycles. The first-order valence-corrected chi connectivity index (χ1v) is 10.8. The zero-order valence-electron chi connectivity index (χ0n) is 17.6. The summed E-state index contributed by atoms with van der Waals surface area (Å²) in [5, 5.41) is 8.76. The van der Waals surface area contributed by atoms with E-state index in [1.165, 1.54) is 22.5 Å². The molecule has 4 rings (SSSR count). The molecule has 0 fully saturated rings. The molecule has 154 valence electrons. The Morgan fingerprint density at radius 3 is 2.43 bits per heavy atom. The van der Waals surface area contributed by atoms with E-state index >= 15 is 0 Å². The van der Waals surface area contributed by atoms with Crippen molar-refractivity contribution < 1.29 is 4.79 Å². The monoisotopic (exact) mass is 418 g/mol. The van der Waals surface area contributed by atoms with Gasteiger partial charge in [0.15, 0.2) is 0 Å². The number of hydrogen-bond donors (Lipinski definition) is 1. The van der Waals surface area contributed by atoms with Crippen LogP contribution in [-0.2, 0) is 19.6 Å². The second-order valence-corrected chi connectivity index (χ2v) is 8.83. The van der Waals surface area contributed by atoms with E-state index in [2.05, 4.69) is 65.8 Å². The van der Waals surface area contributed by atoms with Crippen molar-refractivity contribution in [1.82, 2.24) is 20.0 Å². The van der Waals surface area contributed by atoms with Crippen molar-refractivity contribution in [2.75, 3.05) is 14.1 Å². The molecule has 6 heteroatoms. The highest BCUT2D eigenvalue weighted by Gasteiger charge is 2.16. The summed E-state index contributed by atoms with van der Waals surface area (Å²) in [5.41, 5.74) is 4.50. The maximum atomic E-state index is 12.7. The van der Waals surface area contributed by atoms with Gasteiger partial charge in [0.1, 0.15) is 4.83 Å². The Bertz CT molecular complexity index is 1140. The molecule has 30 heavy (non-hydrogen) atoms. The van der Waals surface area contributed by atoms with E-state index in [-0.39, 0.29) is 5.91 Å². The van der Waals surface area contributed by atoms with Crippen molar-refractivity contribution in [1.29, 1.82) is 0 Å². The Labute approximate surface area is 181 Å². The van der Waals surface area contributed by atoms with E-state index < -0.39 is 0 Å². The van der Waals surface area contributed by atoms with Crippen LogP contribution in [-0.4, -0.2) is 34.7 Å². The van der Waals surface area contributed by atoms with Gasteiger partial charge in [-0.1, -0.05) is 54.6 Å². The number of nitrogens with one attached hydrogen (secondary N) is 1. The van der Waals surface area contributed by atoms with Crippen LogP contribution in [0.2, 0.25) is 0 Å². The van der Waals surface area contributed by atoms with Crippen molar-refractivity contribution in [3.63, 3.8) is 0 Å². The van der Waals surface area contributed by atoms with Gasteiger partial charge in [0.2, 0.25) is 0 Å². The van der Waals surface area contributed by atoms with Crippen molar-refractivity contribution in [2.24, 2.45) is 0 Å². The van der Waals surface area contributed by atoms with Crippen LogP contribution in [0, 0.1) is 6.92 Å². The van der Waals surface area contributed by atoms with Crippen molar-refractivity contribution in [2.45, 2.75) is 26.6 Å². The minimum atomic E-state index is -0.0424. The third-order valence-electron chi connectivity index (χ3n) is 4.98. The molecule has 0 saturated heterocycles. The summed E-state index contributed by atoms with van der Waals surface area (Å²) in [6.45, 7) is 4.12. The van der Waals surface area contributed by atoms with E-state index in [0.717, 1.165) is 32.9 Å². The number of fused-ring (bicyclic) bond motifs is 1. The van der Waals surface area contributed by atoms with E-state index in [1.807, 2.05) is 35.9 Å². The van der Waals surface area contributed by atoms with E-state index in [1.54, 1.807) is 0 Å². The second-order valence-electron chi connectivity index (χ2n) is 7.80. The summed E-state index contributed by atoms with van der Waals surface area (Å²) in [7, 11) is 4.11. The molecular formula is C24H26N4OS. The average Bonchev–Trinajstić information content (AvgIpc) is 3.29. The number of aromatic nitrogens is 2. The van der Waals surface area contributed by atoms with Crippen molar-refractivity contribution >= 4 is 27.5 Å². The summed E-state index contributed by atoms with van der Waals surface area (Å²) >= 11 is 1.50. The molecule has 0 aliphatic heterocycles. The Morgan fingerprint density at radius 1 is 1.03 bits per heavy atom. The van der Waals surface area contributed by atoms with Gasteiger partial charge in [-0.3, -0.25) is 9.48 Å². The van der Waals surface area contributed by atoms with Crippen LogP contribution in [0.5, 0.6) is 0 Å². The van der Waals surface area contributed by atoms with Gasteiger partial charge in [0.05, 0.1) is 17.1 Å². The number of nitrogens with zero attached hydrogens (tertiary/aromatic N) is 3. The van der Waals surface area contributed by atoms with Crippen LogP contribution >= 0.6 is 11.3 Å². The van der Waals surface area contributed by atoms with Crippen molar-refractivity contribution in [3.8, 4) is 0 Å². The van der Waals surface area contributed by atoms with Gasteiger partial charge in [0, 0.05) is 18.5 Å². The van der Waals surface area contributed by atoms with Crippen LogP contribution in [0.25, 0.3) is 10.2 Å². The van der Waals surface area contributed by atoms with Crippen LogP contribution in [0.3, 0.4) is 0 Å². The molecule has 4 aromatic rings. The molecule has 5 nitrogen and oxygen atoms in total. The molecule has 0 spiro atoms. The number of carbonyl (C=O) groups excluding carboxylic acids is 1. The molecule has 1 amide bonds. The average molecular weight is 419 g/mol.